The third-order valence-corrected chi connectivity index (χ3v) is 6.86. The van der Waals surface area contributed by atoms with Crippen LogP contribution in [-0.4, -0.2) is 25.0 Å². The van der Waals surface area contributed by atoms with Crippen LogP contribution < -0.4 is 4.74 Å². The highest BCUT2D eigenvalue weighted by Gasteiger charge is 2.31. The molecule has 1 aromatic carbocycles. The summed E-state index contributed by atoms with van der Waals surface area (Å²) in [5.41, 5.74) is 0. The normalized spacial score (nSPS) is 14.7. The van der Waals surface area contributed by atoms with Gasteiger partial charge in [-0.25, -0.2) is 0 Å². The summed E-state index contributed by atoms with van der Waals surface area (Å²) in [6.45, 7) is 2.34. The average molecular weight is 460 g/mol. The molecule has 4 aromatic rings. The van der Waals surface area contributed by atoms with Gasteiger partial charge in [0.25, 0.3) is 5.89 Å². The predicted octanol–water partition coefficient (Wildman–Crippen LogP) is 5.81. The molecule has 10 heteroatoms. The fourth-order valence-electron chi connectivity index (χ4n) is 3.00. The molecule has 30 heavy (non-hydrogen) atoms. The lowest BCUT2D eigenvalue weighted by molar-refractivity contribution is 0.288. The second kappa shape index (κ2) is 8.41. The first kappa shape index (κ1) is 19.6. The Morgan fingerprint density at radius 1 is 1.20 bits per heavy atom. The fraction of sp³-hybridized carbons (Fsp3) is 0.300. The molecule has 7 nitrogen and oxygen atoms in total. The number of halogens is 1. The van der Waals surface area contributed by atoms with Crippen LogP contribution in [0.2, 0.25) is 5.02 Å². The Kier molecular flexibility index (Phi) is 5.49. The van der Waals surface area contributed by atoms with Gasteiger partial charge in [-0.05, 0) is 43.3 Å². The number of ether oxygens (including phenoxy) is 1. The van der Waals surface area contributed by atoms with Crippen molar-refractivity contribution in [3.05, 3.63) is 58.5 Å². The Morgan fingerprint density at radius 2 is 2.07 bits per heavy atom. The molecule has 0 amide bonds. The number of rotatable bonds is 8. The molecule has 1 saturated carbocycles. The van der Waals surface area contributed by atoms with E-state index >= 15 is 0 Å². The zero-order valence-corrected chi connectivity index (χ0v) is 18.5. The summed E-state index contributed by atoms with van der Waals surface area (Å²) in [7, 11) is 0. The molecule has 3 heterocycles. The van der Waals surface area contributed by atoms with Crippen LogP contribution in [0.15, 0.2) is 51.4 Å². The Labute approximate surface area is 186 Å². The maximum Gasteiger partial charge on any atom is 0.257 e. The number of benzene rings is 1. The molecule has 0 bridgehead atoms. The van der Waals surface area contributed by atoms with E-state index in [1.165, 1.54) is 0 Å². The highest BCUT2D eigenvalue weighted by molar-refractivity contribution is 7.99. The molecule has 0 N–H and O–H groups in total. The number of aromatic nitrogens is 5. The third-order valence-electron chi connectivity index (χ3n) is 4.64. The molecule has 0 saturated heterocycles. The standard InChI is InChI=1S/C20H18ClN5O2S2/c1-12(18-23-24-19(28-18)16-7-4-10-29-16)30-20-25-22-17(26(20)13-8-9-13)11-27-15-6-3-2-5-14(15)21/h2-7,10,12-13H,8-9,11H2,1H3/t12-/m1/s1. The van der Waals surface area contributed by atoms with Crippen molar-refractivity contribution in [1.82, 2.24) is 25.0 Å². The molecule has 1 fully saturated rings. The highest BCUT2D eigenvalue weighted by Crippen LogP contribution is 2.42. The zero-order valence-electron chi connectivity index (χ0n) is 16.1. The van der Waals surface area contributed by atoms with Gasteiger partial charge in [0, 0.05) is 6.04 Å². The van der Waals surface area contributed by atoms with Crippen LogP contribution in [-0.2, 0) is 6.61 Å². The van der Waals surface area contributed by atoms with Crippen molar-refractivity contribution in [1.29, 1.82) is 0 Å². The van der Waals surface area contributed by atoms with E-state index in [1.54, 1.807) is 29.2 Å². The molecule has 1 aliphatic carbocycles. The van der Waals surface area contributed by atoms with Gasteiger partial charge in [0.2, 0.25) is 5.89 Å². The van der Waals surface area contributed by atoms with Crippen molar-refractivity contribution in [3.63, 3.8) is 0 Å². The predicted molar refractivity (Wildman–Crippen MR) is 116 cm³/mol. The van der Waals surface area contributed by atoms with Gasteiger partial charge in [0.1, 0.15) is 12.4 Å². The van der Waals surface area contributed by atoms with E-state index in [2.05, 4.69) is 25.0 Å². The topological polar surface area (TPSA) is 78.9 Å². The molecule has 5 rings (SSSR count). The molecular weight excluding hydrogens is 442 g/mol. The van der Waals surface area contributed by atoms with Crippen LogP contribution in [0.25, 0.3) is 10.8 Å². The van der Waals surface area contributed by atoms with E-state index in [9.17, 15) is 0 Å². The van der Waals surface area contributed by atoms with Crippen molar-refractivity contribution in [2.75, 3.05) is 0 Å². The lowest BCUT2D eigenvalue weighted by atomic mass is 10.3. The summed E-state index contributed by atoms with van der Waals surface area (Å²) >= 11 is 9.33. The minimum Gasteiger partial charge on any atom is -0.484 e. The Balaban J connectivity index is 1.32. The van der Waals surface area contributed by atoms with Crippen molar-refractivity contribution in [2.45, 2.75) is 42.8 Å². The van der Waals surface area contributed by atoms with Gasteiger partial charge in [0.05, 0.1) is 15.1 Å². The van der Waals surface area contributed by atoms with E-state index in [4.69, 9.17) is 20.8 Å². The number of thiophene rings is 1. The van der Waals surface area contributed by atoms with Crippen LogP contribution in [0.1, 0.15) is 42.8 Å². The maximum absolute atomic E-state index is 6.19. The monoisotopic (exact) mass is 459 g/mol. The molecule has 1 aliphatic rings. The number of nitrogens with zero attached hydrogens (tertiary/aromatic N) is 5. The molecular formula is C20H18ClN5O2S2. The SMILES string of the molecule is C[C@@H](Sc1nnc(COc2ccccc2Cl)n1C1CC1)c1nnc(-c2cccs2)o1. The number of thioether (sulfide) groups is 1. The molecule has 1 atom stereocenters. The molecule has 0 spiro atoms. The number of para-hydroxylation sites is 1. The van der Waals surface area contributed by atoms with Crippen LogP contribution in [0.4, 0.5) is 0 Å². The Bertz CT molecular complexity index is 1140. The minimum atomic E-state index is -0.0507. The lowest BCUT2D eigenvalue weighted by Crippen LogP contribution is -2.07. The van der Waals surface area contributed by atoms with Gasteiger partial charge in [0.15, 0.2) is 11.0 Å². The van der Waals surface area contributed by atoms with Crippen LogP contribution in [0, 0.1) is 0 Å². The van der Waals surface area contributed by atoms with Gasteiger partial charge in [-0.3, -0.25) is 4.57 Å². The van der Waals surface area contributed by atoms with E-state index in [-0.39, 0.29) is 5.25 Å². The van der Waals surface area contributed by atoms with E-state index < -0.39 is 0 Å². The number of hydrogen-bond acceptors (Lipinski definition) is 8. The van der Waals surface area contributed by atoms with E-state index in [0.717, 1.165) is 28.7 Å². The molecule has 3 aromatic heterocycles. The van der Waals surface area contributed by atoms with Crippen molar-refractivity contribution < 1.29 is 9.15 Å². The van der Waals surface area contributed by atoms with Crippen LogP contribution >= 0.6 is 34.7 Å². The van der Waals surface area contributed by atoms with Gasteiger partial charge in [-0.15, -0.1) is 31.7 Å². The van der Waals surface area contributed by atoms with Crippen molar-refractivity contribution >= 4 is 34.7 Å². The lowest BCUT2D eigenvalue weighted by Gasteiger charge is -2.12. The largest absolute Gasteiger partial charge is 0.484 e. The molecule has 154 valence electrons. The molecule has 0 aliphatic heterocycles. The van der Waals surface area contributed by atoms with Crippen LogP contribution in [0.3, 0.4) is 0 Å². The van der Waals surface area contributed by atoms with E-state index in [1.807, 2.05) is 42.6 Å². The quantitative estimate of drug-likeness (QED) is 0.307. The molecule has 0 unspecified atom stereocenters. The maximum atomic E-state index is 6.19. The number of hydrogen-bond donors (Lipinski definition) is 0. The Hall–Kier alpha value is -2.36. The summed E-state index contributed by atoms with van der Waals surface area (Å²) < 4.78 is 13.9. The zero-order chi connectivity index (χ0) is 20.5. The average Bonchev–Trinajstić information content (AvgIpc) is 3.16. The van der Waals surface area contributed by atoms with Gasteiger partial charge in [-0.2, -0.15) is 0 Å². The van der Waals surface area contributed by atoms with Crippen molar-refractivity contribution in [3.8, 4) is 16.5 Å². The first-order valence-electron chi connectivity index (χ1n) is 9.54. The first-order valence-corrected chi connectivity index (χ1v) is 11.7. The first-order chi connectivity index (χ1) is 14.7. The Morgan fingerprint density at radius 3 is 2.83 bits per heavy atom. The van der Waals surface area contributed by atoms with Gasteiger partial charge >= 0.3 is 0 Å². The second-order valence-electron chi connectivity index (χ2n) is 6.90. The summed E-state index contributed by atoms with van der Waals surface area (Å²) in [6, 6.07) is 11.8. The van der Waals surface area contributed by atoms with Gasteiger partial charge < -0.3 is 9.15 Å². The molecule has 0 radical (unpaired) electrons. The minimum absolute atomic E-state index is 0.0507. The summed E-state index contributed by atoms with van der Waals surface area (Å²) in [6.07, 6.45) is 2.23. The highest BCUT2D eigenvalue weighted by atomic mass is 35.5. The van der Waals surface area contributed by atoms with E-state index in [0.29, 0.717) is 35.2 Å². The fourth-order valence-corrected chi connectivity index (χ4v) is 4.80. The summed E-state index contributed by atoms with van der Waals surface area (Å²) in [5, 5.41) is 20.5. The summed E-state index contributed by atoms with van der Waals surface area (Å²) in [4.78, 5) is 0.964. The summed E-state index contributed by atoms with van der Waals surface area (Å²) in [5.74, 6) is 2.54. The second-order valence-corrected chi connectivity index (χ2v) is 9.56. The van der Waals surface area contributed by atoms with Crippen LogP contribution in [0.5, 0.6) is 5.75 Å². The van der Waals surface area contributed by atoms with Gasteiger partial charge in [-0.1, -0.05) is 41.6 Å². The van der Waals surface area contributed by atoms with Crippen molar-refractivity contribution in [2.24, 2.45) is 0 Å². The smallest absolute Gasteiger partial charge is 0.257 e. The third kappa shape index (κ3) is 4.10.